The molecule has 2 N–H and O–H groups in total. The quantitative estimate of drug-likeness (QED) is 0.701. The van der Waals surface area contributed by atoms with E-state index >= 15 is 0 Å². The summed E-state index contributed by atoms with van der Waals surface area (Å²) in [5, 5.41) is 0. The minimum Gasteiger partial charge on any atom is -0.378 e. The second-order valence-electron chi connectivity index (χ2n) is 3.72. The van der Waals surface area contributed by atoms with Gasteiger partial charge in [0, 0.05) is 6.61 Å². The van der Waals surface area contributed by atoms with Crippen molar-refractivity contribution in [1.82, 2.24) is 0 Å². The van der Waals surface area contributed by atoms with Gasteiger partial charge in [-0.15, -0.1) is 0 Å². The summed E-state index contributed by atoms with van der Waals surface area (Å²) in [6.45, 7) is 1.23. The zero-order valence-corrected chi connectivity index (χ0v) is 9.26. The van der Waals surface area contributed by atoms with Crippen LogP contribution in [0.3, 0.4) is 0 Å². The topological polar surface area (TPSA) is 69.4 Å². The van der Waals surface area contributed by atoms with Crippen molar-refractivity contribution in [3.05, 3.63) is 0 Å². The molecule has 1 rings (SSSR count). The molecule has 84 valence electrons. The normalized spacial score (nSPS) is 22.8. The van der Waals surface area contributed by atoms with Gasteiger partial charge in [-0.2, -0.15) is 0 Å². The number of ether oxygens (including phenoxy) is 1. The fraction of sp³-hybridized carbons (Fsp3) is 1.00. The molecule has 1 atom stereocenters. The summed E-state index contributed by atoms with van der Waals surface area (Å²) in [5.74, 6) is 0.466. The summed E-state index contributed by atoms with van der Waals surface area (Å²) >= 11 is 0. The van der Waals surface area contributed by atoms with Crippen molar-refractivity contribution in [2.45, 2.75) is 31.8 Å². The molecule has 14 heavy (non-hydrogen) atoms. The van der Waals surface area contributed by atoms with Crippen LogP contribution >= 0.6 is 0 Å². The number of hydrogen-bond donors (Lipinski definition) is 1. The van der Waals surface area contributed by atoms with E-state index in [0.717, 1.165) is 19.4 Å². The molecule has 1 saturated heterocycles. The van der Waals surface area contributed by atoms with Crippen molar-refractivity contribution >= 4 is 9.84 Å². The third-order valence-corrected chi connectivity index (χ3v) is 4.20. The minimum atomic E-state index is -2.89. The smallest absolute Gasteiger partial charge is 0.150 e. The van der Waals surface area contributed by atoms with Crippen LogP contribution in [0.25, 0.3) is 0 Å². The molecule has 1 heterocycles. The van der Waals surface area contributed by atoms with Gasteiger partial charge in [0.1, 0.15) is 9.84 Å². The Morgan fingerprint density at radius 1 is 1.36 bits per heavy atom. The second kappa shape index (κ2) is 5.68. The van der Waals surface area contributed by atoms with E-state index < -0.39 is 9.84 Å². The van der Waals surface area contributed by atoms with Crippen molar-refractivity contribution in [1.29, 1.82) is 0 Å². The number of nitrogens with two attached hydrogens (primary N) is 1. The van der Waals surface area contributed by atoms with E-state index in [1.165, 1.54) is 0 Å². The minimum absolute atomic E-state index is 0.169. The first-order valence-electron chi connectivity index (χ1n) is 5.16. The zero-order valence-electron chi connectivity index (χ0n) is 8.44. The molecule has 0 saturated carbocycles. The lowest BCUT2D eigenvalue weighted by Crippen LogP contribution is -2.18. The van der Waals surface area contributed by atoms with Crippen LogP contribution in [0, 0.1) is 0 Å². The SMILES string of the molecule is NCCCS(=O)(=O)CCC1CCCO1. The summed E-state index contributed by atoms with van der Waals surface area (Å²) < 4.78 is 28.2. The van der Waals surface area contributed by atoms with Crippen molar-refractivity contribution in [2.75, 3.05) is 24.7 Å². The Hall–Kier alpha value is -0.130. The molecule has 0 aromatic heterocycles. The molecule has 5 heteroatoms. The standard InChI is InChI=1S/C9H19NO3S/c10-5-2-7-14(11,12)8-4-9-3-1-6-13-9/h9H,1-8,10H2. The van der Waals surface area contributed by atoms with Crippen LogP contribution in [-0.4, -0.2) is 39.2 Å². The van der Waals surface area contributed by atoms with Crippen LogP contribution in [-0.2, 0) is 14.6 Å². The van der Waals surface area contributed by atoms with Crippen molar-refractivity contribution < 1.29 is 13.2 Å². The van der Waals surface area contributed by atoms with Crippen molar-refractivity contribution in [2.24, 2.45) is 5.73 Å². The number of hydrogen-bond acceptors (Lipinski definition) is 4. The average Bonchev–Trinajstić information content (AvgIpc) is 2.64. The van der Waals surface area contributed by atoms with Gasteiger partial charge in [0.2, 0.25) is 0 Å². The first-order valence-corrected chi connectivity index (χ1v) is 6.98. The lowest BCUT2D eigenvalue weighted by atomic mass is 10.2. The zero-order chi connectivity index (χ0) is 10.4. The van der Waals surface area contributed by atoms with Crippen molar-refractivity contribution in [3.63, 3.8) is 0 Å². The van der Waals surface area contributed by atoms with Gasteiger partial charge in [-0.05, 0) is 32.2 Å². The first kappa shape index (κ1) is 11.9. The second-order valence-corrected chi connectivity index (χ2v) is 6.02. The molecule has 1 fully saturated rings. The maximum absolute atomic E-state index is 11.4. The van der Waals surface area contributed by atoms with E-state index in [2.05, 4.69) is 0 Å². The lowest BCUT2D eigenvalue weighted by Gasteiger charge is -2.08. The molecule has 0 amide bonds. The van der Waals surface area contributed by atoms with E-state index in [-0.39, 0.29) is 17.6 Å². The largest absolute Gasteiger partial charge is 0.378 e. The molecule has 4 nitrogen and oxygen atoms in total. The highest BCUT2D eigenvalue weighted by atomic mass is 32.2. The molecular formula is C9H19NO3S. The molecule has 1 aliphatic heterocycles. The van der Waals surface area contributed by atoms with Crippen LogP contribution in [0.2, 0.25) is 0 Å². The van der Waals surface area contributed by atoms with Crippen LogP contribution in [0.5, 0.6) is 0 Å². The van der Waals surface area contributed by atoms with Crippen LogP contribution < -0.4 is 5.73 Å². The van der Waals surface area contributed by atoms with Gasteiger partial charge in [-0.25, -0.2) is 8.42 Å². The van der Waals surface area contributed by atoms with Gasteiger partial charge in [0.25, 0.3) is 0 Å². The monoisotopic (exact) mass is 221 g/mol. The van der Waals surface area contributed by atoms with Crippen LogP contribution in [0.15, 0.2) is 0 Å². The Labute approximate surface area is 85.7 Å². The Bertz CT molecular complexity index is 245. The Morgan fingerprint density at radius 3 is 2.71 bits per heavy atom. The van der Waals surface area contributed by atoms with Gasteiger partial charge < -0.3 is 10.5 Å². The highest BCUT2D eigenvalue weighted by Gasteiger charge is 2.19. The summed E-state index contributed by atoms with van der Waals surface area (Å²) in [6, 6.07) is 0. The van der Waals surface area contributed by atoms with Gasteiger partial charge in [-0.1, -0.05) is 0 Å². The summed E-state index contributed by atoms with van der Waals surface area (Å²) in [6.07, 6.45) is 3.45. The Morgan fingerprint density at radius 2 is 2.14 bits per heavy atom. The molecule has 1 aliphatic rings. The lowest BCUT2D eigenvalue weighted by molar-refractivity contribution is 0.109. The molecular weight excluding hydrogens is 202 g/mol. The highest BCUT2D eigenvalue weighted by Crippen LogP contribution is 2.16. The van der Waals surface area contributed by atoms with E-state index in [1.807, 2.05) is 0 Å². The molecule has 1 unspecified atom stereocenters. The number of sulfone groups is 1. The fourth-order valence-corrected chi connectivity index (χ4v) is 3.02. The van der Waals surface area contributed by atoms with Crippen LogP contribution in [0.4, 0.5) is 0 Å². The van der Waals surface area contributed by atoms with E-state index in [0.29, 0.717) is 19.4 Å². The van der Waals surface area contributed by atoms with E-state index in [4.69, 9.17) is 10.5 Å². The first-order chi connectivity index (χ1) is 6.64. The number of rotatable bonds is 6. The molecule has 0 aromatic rings. The summed E-state index contributed by atoms with van der Waals surface area (Å²) in [7, 11) is -2.89. The summed E-state index contributed by atoms with van der Waals surface area (Å²) in [4.78, 5) is 0. The molecule has 0 bridgehead atoms. The van der Waals surface area contributed by atoms with E-state index in [9.17, 15) is 8.42 Å². The predicted octanol–water partition coefficient (Wildman–Crippen LogP) is 0.319. The molecule has 0 aromatic carbocycles. The Kier molecular flexibility index (Phi) is 4.84. The van der Waals surface area contributed by atoms with Crippen LogP contribution in [0.1, 0.15) is 25.7 Å². The maximum atomic E-state index is 11.4. The summed E-state index contributed by atoms with van der Waals surface area (Å²) in [5.41, 5.74) is 5.26. The van der Waals surface area contributed by atoms with Crippen molar-refractivity contribution in [3.8, 4) is 0 Å². The molecule has 0 aliphatic carbocycles. The third-order valence-electron chi connectivity index (χ3n) is 2.43. The predicted molar refractivity (Wildman–Crippen MR) is 55.9 cm³/mol. The highest BCUT2D eigenvalue weighted by molar-refractivity contribution is 7.91. The van der Waals surface area contributed by atoms with E-state index in [1.54, 1.807) is 0 Å². The molecule has 0 spiro atoms. The maximum Gasteiger partial charge on any atom is 0.150 e. The Balaban J connectivity index is 2.21. The van der Waals surface area contributed by atoms with Gasteiger partial charge in [-0.3, -0.25) is 0 Å². The average molecular weight is 221 g/mol. The van der Waals surface area contributed by atoms with Gasteiger partial charge in [0.05, 0.1) is 17.6 Å². The van der Waals surface area contributed by atoms with Gasteiger partial charge in [0.15, 0.2) is 0 Å². The van der Waals surface area contributed by atoms with Gasteiger partial charge >= 0.3 is 0 Å². The third kappa shape index (κ3) is 4.39. The molecule has 0 radical (unpaired) electrons. The fourth-order valence-electron chi connectivity index (χ4n) is 1.59.